The molecule has 3 rings (SSSR count). The molecule has 2 aromatic carbocycles. The van der Waals surface area contributed by atoms with E-state index in [1.54, 1.807) is 19.9 Å². The number of carboxylic acid groups (broad SMARTS) is 1. The predicted molar refractivity (Wildman–Crippen MR) is 148 cm³/mol. The number of nitrogens with one attached hydrogen (secondary N) is 1. The number of carboxylic acids is 1. The van der Waals surface area contributed by atoms with Gasteiger partial charge in [-0.1, -0.05) is 49.7 Å². The van der Waals surface area contributed by atoms with Gasteiger partial charge in [-0.3, -0.25) is 9.59 Å². The number of nitrogens with zero attached hydrogens (tertiary/aromatic N) is 2. The van der Waals surface area contributed by atoms with E-state index in [1.807, 2.05) is 50.2 Å². The van der Waals surface area contributed by atoms with Crippen LogP contribution in [-0.2, 0) is 11.3 Å². The summed E-state index contributed by atoms with van der Waals surface area (Å²) in [4.78, 5) is 30.4. The first kappa shape index (κ1) is 27.8. The maximum atomic E-state index is 13.3. The van der Waals surface area contributed by atoms with E-state index in [2.05, 4.69) is 23.7 Å². The van der Waals surface area contributed by atoms with Crippen LogP contribution in [0, 0.1) is 19.8 Å². The Morgan fingerprint density at radius 1 is 1.14 bits per heavy atom. The van der Waals surface area contributed by atoms with Gasteiger partial charge in [-0.05, 0) is 70.2 Å². The molecule has 8 heteroatoms. The fourth-order valence-electron chi connectivity index (χ4n) is 3.87. The van der Waals surface area contributed by atoms with Gasteiger partial charge in [-0.15, -0.1) is 11.8 Å². The number of aliphatic carboxylic acids is 1. The molecule has 2 N–H and O–H groups in total. The normalized spacial score (nSPS) is 11.7. The molecular formula is C28H34ClN3O3S. The van der Waals surface area contributed by atoms with Gasteiger partial charge in [-0.2, -0.15) is 0 Å². The largest absolute Gasteiger partial charge is 0.480 e. The molecule has 1 amide bonds. The highest BCUT2D eigenvalue weighted by atomic mass is 35.5. The van der Waals surface area contributed by atoms with Crippen LogP contribution >= 0.6 is 23.4 Å². The van der Waals surface area contributed by atoms with E-state index in [0.717, 1.165) is 41.1 Å². The maximum Gasteiger partial charge on any atom is 0.319 e. The zero-order valence-corrected chi connectivity index (χ0v) is 23.3. The lowest BCUT2D eigenvalue weighted by atomic mass is 10.1. The molecule has 192 valence electrons. The van der Waals surface area contributed by atoms with Crippen LogP contribution in [0.25, 0.3) is 11.4 Å². The first-order chi connectivity index (χ1) is 16.9. The molecule has 0 aliphatic heterocycles. The van der Waals surface area contributed by atoms with Crippen molar-refractivity contribution in [2.24, 2.45) is 5.92 Å². The Bertz CT molecular complexity index is 1230. The molecule has 0 aliphatic carbocycles. The van der Waals surface area contributed by atoms with Crippen molar-refractivity contribution in [1.29, 1.82) is 0 Å². The lowest BCUT2D eigenvalue weighted by Crippen LogP contribution is -2.26. The van der Waals surface area contributed by atoms with E-state index in [0.29, 0.717) is 28.1 Å². The third-order valence-corrected chi connectivity index (χ3v) is 7.57. The third-order valence-electron chi connectivity index (χ3n) is 6.06. The van der Waals surface area contributed by atoms with Crippen molar-refractivity contribution in [3.8, 4) is 11.4 Å². The molecule has 6 nitrogen and oxygen atoms in total. The topological polar surface area (TPSA) is 84.2 Å². The molecule has 0 aliphatic rings. The van der Waals surface area contributed by atoms with Gasteiger partial charge in [0.1, 0.15) is 16.3 Å². The van der Waals surface area contributed by atoms with Crippen molar-refractivity contribution < 1.29 is 14.7 Å². The summed E-state index contributed by atoms with van der Waals surface area (Å²) < 4.78 is 1.16. The lowest BCUT2D eigenvalue weighted by Gasteiger charge is -2.18. The smallest absolute Gasteiger partial charge is 0.319 e. The summed E-state index contributed by atoms with van der Waals surface area (Å²) in [6, 6.07) is 13.2. The van der Waals surface area contributed by atoms with Crippen molar-refractivity contribution in [2.45, 2.75) is 70.6 Å². The monoisotopic (exact) mass is 527 g/mol. The molecule has 0 fully saturated rings. The minimum absolute atomic E-state index is 0.303. The highest BCUT2D eigenvalue weighted by Crippen LogP contribution is 2.34. The van der Waals surface area contributed by atoms with Crippen LogP contribution in [-0.4, -0.2) is 31.3 Å². The van der Waals surface area contributed by atoms with E-state index in [1.165, 1.54) is 11.8 Å². The van der Waals surface area contributed by atoms with Crippen molar-refractivity contribution in [3.05, 3.63) is 64.4 Å². The molecule has 36 heavy (non-hydrogen) atoms. The number of aryl methyl sites for hydroxylation is 1. The lowest BCUT2D eigenvalue weighted by molar-refractivity contribution is -0.138. The van der Waals surface area contributed by atoms with Gasteiger partial charge >= 0.3 is 5.97 Å². The molecule has 1 aromatic heterocycles. The van der Waals surface area contributed by atoms with E-state index in [9.17, 15) is 14.7 Å². The zero-order chi connectivity index (χ0) is 26.6. The number of carbonyl (C=O) groups is 2. The van der Waals surface area contributed by atoms with Gasteiger partial charge in [0.25, 0.3) is 5.91 Å². The fourth-order valence-corrected chi connectivity index (χ4v) is 5.09. The van der Waals surface area contributed by atoms with Gasteiger partial charge in [0.15, 0.2) is 0 Å². The molecule has 0 saturated carbocycles. The van der Waals surface area contributed by atoms with Gasteiger partial charge in [0.05, 0.1) is 10.7 Å². The number of benzene rings is 2. The Morgan fingerprint density at radius 2 is 1.81 bits per heavy atom. The summed E-state index contributed by atoms with van der Waals surface area (Å²) in [5.41, 5.74) is 3.48. The number of amides is 1. The number of hydrogen-bond donors (Lipinski definition) is 2. The van der Waals surface area contributed by atoms with Gasteiger partial charge in [0.2, 0.25) is 0 Å². The van der Waals surface area contributed by atoms with E-state index in [-0.39, 0.29) is 5.91 Å². The first-order valence-electron chi connectivity index (χ1n) is 12.1. The minimum atomic E-state index is -0.935. The Hall–Kier alpha value is -2.77. The molecule has 0 bridgehead atoms. The zero-order valence-electron chi connectivity index (χ0n) is 21.7. The Morgan fingerprint density at radius 3 is 2.39 bits per heavy atom. The first-order valence-corrected chi connectivity index (χ1v) is 13.3. The molecule has 0 radical (unpaired) electrons. The van der Waals surface area contributed by atoms with Gasteiger partial charge in [0, 0.05) is 22.7 Å². The van der Waals surface area contributed by atoms with Crippen LogP contribution in [0.5, 0.6) is 0 Å². The number of thioether (sulfide) groups is 1. The van der Waals surface area contributed by atoms with Gasteiger partial charge in [-0.25, -0.2) is 4.98 Å². The number of aromatic nitrogens is 2. The van der Waals surface area contributed by atoms with Crippen LogP contribution in [0.1, 0.15) is 62.3 Å². The average Bonchev–Trinajstić information content (AvgIpc) is 3.12. The van der Waals surface area contributed by atoms with Crippen molar-refractivity contribution in [3.63, 3.8) is 0 Å². The van der Waals surface area contributed by atoms with E-state index in [4.69, 9.17) is 16.6 Å². The SMILES string of the molecule is Cc1cccc(Cl)c1NC(=O)c1nc(-c2ccc(SC(C)(C)C(=O)O)cc2)n(CCCC(C)C)c1C. The second-order valence-electron chi connectivity index (χ2n) is 9.88. The number of halogens is 1. The van der Waals surface area contributed by atoms with Crippen LogP contribution in [0.2, 0.25) is 5.02 Å². The van der Waals surface area contributed by atoms with E-state index >= 15 is 0 Å². The summed E-state index contributed by atoms with van der Waals surface area (Å²) in [5, 5.41) is 12.9. The van der Waals surface area contributed by atoms with Crippen molar-refractivity contribution in [1.82, 2.24) is 9.55 Å². The summed E-state index contributed by atoms with van der Waals surface area (Å²) >= 11 is 7.63. The van der Waals surface area contributed by atoms with Crippen LogP contribution in [0.4, 0.5) is 5.69 Å². The molecule has 0 unspecified atom stereocenters. The summed E-state index contributed by atoms with van der Waals surface area (Å²) in [6.45, 7) is 12.3. The summed E-state index contributed by atoms with van der Waals surface area (Å²) in [5.74, 6) is 0.128. The summed E-state index contributed by atoms with van der Waals surface area (Å²) in [6.07, 6.45) is 2.03. The molecular weight excluding hydrogens is 494 g/mol. The Kier molecular flexibility index (Phi) is 8.90. The number of hydrogen-bond acceptors (Lipinski definition) is 4. The minimum Gasteiger partial charge on any atom is -0.480 e. The maximum absolute atomic E-state index is 13.3. The highest BCUT2D eigenvalue weighted by Gasteiger charge is 2.28. The fraction of sp³-hybridized carbons (Fsp3) is 0.393. The quantitative estimate of drug-likeness (QED) is 0.267. The van der Waals surface area contributed by atoms with Crippen LogP contribution < -0.4 is 5.32 Å². The number of para-hydroxylation sites is 1. The number of rotatable bonds is 10. The molecule has 3 aromatic rings. The highest BCUT2D eigenvalue weighted by molar-refractivity contribution is 8.01. The second kappa shape index (κ2) is 11.5. The Labute approximate surface area is 222 Å². The third kappa shape index (κ3) is 6.51. The Balaban J connectivity index is 1.96. The average molecular weight is 528 g/mol. The van der Waals surface area contributed by atoms with Gasteiger partial charge < -0.3 is 15.0 Å². The van der Waals surface area contributed by atoms with Crippen LogP contribution in [0.3, 0.4) is 0 Å². The van der Waals surface area contributed by atoms with Crippen LogP contribution in [0.15, 0.2) is 47.4 Å². The van der Waals surface area contributed by atoms with Crippen molar-refractivity contribution >= 4 is 40.9 Å². The predicted octanol–water partition coefficient (Wildman–Crippen LogP) is 7.46. The number of carbonyl (C=O) groups excluding carboxylic acids is 1. The number of imidazole rings is 1. The van der Waals surface area contributed by atoms with Crippen molar-refractivity contribution in [2.75, 3.05) is 5.32 Å². The molecule has 0 spiro atoms. The molecule has 0 saturated heterocycles. The second-order valence-corrected chi connectivity index (χ2v) is 12.0. The standard InChI is InChI=1S/C28H34ClN3O3S/c1-17(2)9-8-16-32-19(4)24(26(33)31-23-18(3)10-7-11-22(23)29)30-25(32)20-12-14-21(15-13-20)36-28(5,6)27(34)35/h7,10-15,17H,8-9,16H2,1-6H3,(H,31,33)(H,34,35). The number of anilines is 1. The summed E-state index contributed by atoms with van der Waals surface area (Å²) in [7, 11) is 0. The molecule has 1 heterocycles. The van der Waals surface area contributed by atoms with E-state index < -0.39 is 10.7 Å². The molecule has 0 atom stereocenters.